The van der Waals surface area contributed by atoms with E-state index in [-0.39, 0.29) is 36.2 Å². The van der Waals surface area contributed by atoms with Crippen LogP contribution in [0.15, 0.2) is 0 Å². The van der Waals surface area contributed by atoms with Crippen molar-refractivity contribution in [3.63, 3.8) is 0 Å². The van der Waals surface area contributed by atoms with Gasteiger partial charge in [0.15, 0.2) is 0 Å². The van der Waals surface area contributed by atoms with Crippen LogP contribution in [0.25, 0.3) is 0 Å². The summed E-state index contributed by atoms with van der Waals surface area (Å²) in [5.74, 6) is -1.29. The topological polar surface area (TPSA) is 77.9 Å². The van der Waals surface area contributed by atoms with Gasteiger partial charge in [-0.25, -0.2) is 0 Å². The van der Waals surface area contributed by atoms with E-state index >= 15 is 0 Å². The molecule has 2 rings (SSSR count). The highest BCUT2D eigenvalue weighted by Crippen LogP contribution is 2.26. The van der Waals surface area contributed by atoms with Gasteiger partial charge >= 0.3 is 5.97 Å². The number of aliphatic carboxylic acids is 1. The Morgan fingerprint density at radius 2 is 1.95 bits per heavy atom. The third kappa shape index (κ3) is 2.70. The number of hydrogen-bond donors (Lipinski definition) is 1. The molecule has 0 bridgehead atoms. The van der Waals surface area contributed by atoms with E-state index in [0.717, 1.165) is 6.42 Å². The number of imide groups is 1. The van der Waals surface area contributed by atoms with Crippen molar-refractivity contribution in [2.24, 2.45) is 5.92 Å². The summed E-state index contributed by atoms with van der Waals surface area (Å²) in [5, 5.41) is 8.98. The van der Waals surface area contributed by atoms with Gasteiger partial charge in [-0.2, -0.15) is 0 Å². The van der Waals surface area contributed by atoms with E-state index in [0.29, 0.717) is 25.9 Å². The summed E-state index contributed by atoms with van der Waals surface area (Å²) < 4.78 is 0. The van der Waals surface area contributed by atoms with Crippen LogP contribution in [0.4, 0.5) is 0 Å². The van der Waals surface area contributed by atoms with Gasteiger partial charge in [-0.1, -0.05) is 6.92 Å². The number of likely N-dealkylation sites (tertiary alicyclic amines) is 2. The minimum Gasteiger partial charge on any atom is -0.481 e. The molecule has 2 unspecified atom stereocenters. The summed E-state index contributed by atoms with van der Waals surface area (Å²) in [6, 6.07) is -0.442. The van der Waals surface area contributed by atoms with Gasteiger partial charge in [0, 0.05) is 6.04 Å². The molecule has 2 heterocycles. The predicted octanol–water partition coefficient (Wildman–Crippen LogP) is 0.709. The SMILES string of the molecule is CCC(C)N1C(=O)CC(N2CCC(C(=O)O)CC2)C1=O. The number of carboxylic acid groups (broad SMARTS) is 1. The molecule has 0 aromatic heterocycles. The van der Waals surface area contributed by atoms with Crippen LogP contribution in [0.2, 0.25) is 0 Å². The number of carboxylic acids is 1. The van der Waals surface area contributed by atoms with E-state index in [1.165, 1.54) is 4.90 Å². The molecule has 6 nitrogen and oxygen atoms in total. The number of piperidine rings is 1. The molecule has 112 valence electrons. The van der Waals surface area contributed by atoms with Crippen molar-refractivity contribution in [2.75, 3.05) is 13.1 Å². The van der Waals surface area contributed by atoms with Gasteiger partial charge in [-0.15, -0.1) is 0 Å². The van der Waals surface area contributed by atoms with Crippen molar-refractivity contribution in [3.8, 4) is 0 Å². The molecule has 2 atom stereocenters. The zero-order valence-electron chi connectivity index (χ0n) is 12.0. The van der Waals surface area contributed by atoms with Crippen LogP contribution in [0.5, 0.6) is 0 Å². The summed E-state index contributed by atoms with van der Waals surface area (Å²) in [5.41, 5.74) is 0. The Morgan fingerprint density at radius 3 is 2.45 bits per heavy atom. The van der Waals surface area contributed by atoms with Crippen LogP contribution >= 0.6 is 0 Å². The van der Waals surface area contributed by atoms with E-state index in [1.54, 1.807) is 0 Å². The Morgan fingerprint density at radius 1 is 1.35 bits per heavy atom. The summed E-state index contributed by atoms with van der Waals surface area (Å²) in [6.45, 7) is 5.00. The molecular formula is C14H22N2O4. The second kappa shape index (κ2) is 5.91. The third-order valence-electron chi connectivity index (χ3n) is 4.51. The fraction of sp³-hybridized carbons (Fsp3) is 0.786. The quantitative estimate of drug-likeness (QED) is 0.768. The van der Waals surface area contributed by atoms with Crippen LogP contribution in [0.1, 0.15) is 39.5 Å². The summed E-state index contributed by atoms with van der Waals surface area (Å²) >= 11 is 0. The molecule has 0 spiro atoms. The molecule has 2 amide bonds. The third-order valence-corrected chi connectivity index (χ3v) is 4.51. The normalized spacial score (nSPS) is 27.1. The minimum atomic E-state index is -0.764. The lowest BCUT2D eigenvalue weighted by Crippen LogP contribution is -2.48. The fourth-order valence-electron chi connectivity index (χ4n) is 3.02. The molecule has 20 heavy (non-hydrogen) atoms. The first-order valence-electron chi connectivity index (χ1n) is 7.28. The maximum atomic E-state index is 12.4. The van der Waals surface area contributed by atoms with E-state index in [9.17, 15) is 14.4 Å². The monoisotopic (exact) mass is 282 g/mol. The smallest absolute Gasteiger partial charge is 0.306 e. The first-order chi connectivity index (χ1) is 9.45. The van der Waals surface area contributed by atoms with E-state index in [1.807, 2.05) is 18.7 Å². The van der Waals surface area contributed by atoms with E-state index in [2.05, 4.69) is 0 Å². The van der Waals surface area contributed by atoms with Gasteiger partial charge in [0.25, 0.3) is 0 Å². The molecular weight excluding hydrogens is 260 g/mol. The Hall–Kier alpha value is -1.43. The number of carbonyl (C=O) groups excluding carboxylic acids is 2. The average molecular weight is 282 g/mol. The molecule has 2 aliphatic heterocycles. The van der Waals surface area contributed by atoms with Crippen molar-refractivity contribution in [3.05, 3.63) is 0 Å². The number of rotatable bonds is 4. The first-order valence-corrected chi connectivity index (χ1v) is 7.28. The molecule has 6 heteroatoms. The van der Waals surface area contributed by atoms with Gasteiger partial charge < -0.3 is 5.11 Å². The summed E-state index contributed by atoms with van der Waals surface area (Å²) in [6.07, 6.45) is 2.10. The second-order valence-corrected chi connectivity index (χ2v) is 5.73. The second-order valence-electron chi connectivity index (χ2n) is 5.73. The van der Waals surface area contributed by atoms with Crippen molar-refractivity contribution in [1.82, 2.24) is 9.80 Å². The molecule has 0 saturated carbocycles. The van der Waals surface area contributed by atoms with Crippen LogP contribution in [0, 0.1) is 5.92 Å². The molecule has 2 aliphatic rings. The summed E-state index contributed by atoms with van der Waals surface area (Å²) in [4.78, 5) is 38.7. The zero-order valence-corrected chi connectivity index (χ0v) is 12.0. The molecule has 0 aromatic rings. The minimum absolute atomic E-state index is 0.0587. The van der Waals surface area contributed by atoms with Gasteiger partial charge in [0.05, 0.1) is 18.4 Å². The zero-order chi connectivity index (χ0) is 14.9. The van der Waals surface area contributed by atoms with Crippen molar-refractivity contribution in [2.45, 2.75) is 51.6 Å². The van der Waals surface area contributed by atoms with Crippen molar-refractivity contribution >= 4 is 17.8 Å². The average Bonchev–Trinajstić information content (AvgIpc) is 2.73. The number of carbonyl (C=O) groups is 3. The number of hydrogen-bond acceptors (Lipinski definition) is 4. The highest BCUT2D eigenvalue weighted by atomic mass is 16.4. The lowest BCUT2D eigenvalue weighted by atomic mass is 9.95. The largest absolute Gasteiger partial charge is 0.481 e. The Labute approximate surface area is 118 Å². The molecule has 0 aromatic carbocycles. The highest BCUT2D eigenvalue weighted by Gasteiger charge is 2.44. The molecule has 0 aliphatic carbocycles. The number of amides is 2. The van der Waals surface area contributed by atoms with Gasteiger partial charge in [0.1, 0.15) is 0 Å². The molecule has 1 N–H and O–H groups in total. The van der Waals surface area contributed by atoms with Gasteiger partial charge in [0.2, 0.25) is 11.8 Å². The molecule has 2 fully saturated rings. The first kappa shape index (κ1) is 15.0. The van der Waals surface area contributed by atoms with E-state index < -0.39 is 5.97 Å². The molecule has 2 saturated heterocycles. The standard InChI is InChI=1S/C14H22N2O4/c1-3-9(2)16-12(17)8-11(13(16)18)15-6-4-10(5-7-15)14(19)20/h9-11H,3-8H2,1-2H3,(H,19,20). The van der Waals surface area contributed by atoms with Crippen LogP contribution < -0.4 is 0 Å². The molecule has 0 radical (unpaired) electrons. The fourth-order valence-corrected chi connectivity index (χ4v) is 3.02. The van der Waals surface area contributed by atoms with Crippen LogP contribution in [-0.2, 0) is 14.4 Å². The maximum absolute atomic E-state index is 12.4. The maximum Gasteiger partial charge on any atom is 0.306 e. The lowest BCUT2D eigenvalue weighted by Gasteiger charge is -2.33. The van der Waals surface area contributed by atoms with Gasteiger partial charge in [-0.05, 0) is 39.3 Å². The number of nitrogens with zero attached hydrogens (tertiary/aromatic N) is 2. The van der Waals surface area contributed by atoms with Crippen molar-refractivity contribution < 1.29 is 19.5 Å². The van der Waals surface area contributed by atoms with E-state index in [4.69, 9.17) is 5.11 Å². The Balaban J connectivity index is 2.00. The van der Waals surface area contributed by atoms with Crippen LogP contribution in [-0.4, -0.2) is 57.9 Å². The Bertz CT molecular complexity index is 415. The summed E-state index contributed by atoms with van der Waals surface area (Å²) in [7, 11) is 0. The van der Waals surface area contributed by atoms with Crippen molar-refractivity contribution in [1.29, 1.82) is 0 Å². The highest BCUT2D eigenvalue weighted by molar-refractivity contribution is 6.05. The van der Waals surface area contributed by atoms with Gasteiger partial charge in [-0.3, -0.25) is 24.2 Å². The Kier molecular flexibility index (Phi) is 4.42. The predicted molar refractivity (Wildman–Crippen MR) is 71.9 cm³/mol. The van der Waals surface area contributed by atoms with Crippen LogP contribution in [0.3, 0.4) is 0 Å². The lowest BCUT2D eigenvalue weighted by molar-refractivity contribution is -0.143.